The zero-order valence-electron chi connectivity index (χ0n) is 14.4. The van der Waals surface area contributed by atoms with Crippen molar-refractivity contribution in [2.75, 3.05) is 31.1 Å². The van der Waals surface area contributed by atoms with E-state index in [2.05, 4.69) is 33.8 Å². The highest BCUT2D eigenvalue weighted by molar-refractivity contribution is 7.80. The van der Waals surface area contributed by atoms with Crippen LogP contribution < -0.4 is 4.90 Å². The SMILES string of the molecule is Cc1cc(C)nc(CC(=S)N2CCN(c3ccc(Cl)c(Cl)c3)CC2)c1. The largest absolute Gasteiger partial charge is 0.368 e. The molecule has 0 amide bonds. The molecule has 0 atom stereocenters. The predicted octanol–water partition coefficient (Wildman–Crippen LogP) is 4.70. The minimum absolute atomic E-state index is 0.589. The zero-order chi connectivity index (χ0) is 18.0. The average Bonchev–Trinajstić information content (AvgIpc) is 2.56. The first-order chi connectivity index (χ1) is 11.9. The third kappa shape index (κ3) is 4.63. The fourth-order valence-electron chi connectivity index (χ4n) is 3.18. The van der Waals surface area contributed by atoms with Crippen LogP contribution in [-0.2, 0) is 6.42 Å². The highest BCUT2D eigenvalue weighted by atomic mass is 35.5. The first-order valence-corrected chi connectivity index (χ1v) is 9.51. The number of nitrogens with zero attached hydrogens (tertiary/aromatic N) is 3. The predicted molar refractivity (Wildman–Crippen MR) is 110 cm³/mol. The van der Waals surface area contributed by atoms with Gasteiger partial charge in [-0.25, -0.2) is 0 Å². The Morgan fingerprint density at radius 1 is 1.04 bits per heavy atom. The molecule has 1 aromatic heterocycles. The summed E-state index contributed by atoms with van der Waals surface area (Å²) >= 11 is 17.8. The van der Waals surface area contributed by atoms with Gasteiger partial charge in [0, 0.05) is 49.7 Å². The van der Waals surface area contributed by atoms with Gasteiger partial charge in [-0.05, 0) is 49.7 Å². The Bertz CT molecular complexity index is 766. The molecule has 6 heteroatoms. The van der Waals surface area contributed by atoms with Gasteiger partial charge in [-0.2, -0.15) is 0 Å². The molecule has 0 radical (unpaired) electrons. The van der Waals surface area contributed by atoms with Crippen LogP contribution >= 0.6 is 35.4 Å². The molecule has 2 heterocycles. The van der Waals surface area contributed by atoms with Crippen molar-refractivity contribution in [2.45, 2.75) is 20.3 Å². The van der Waals surface area contributed by atoms with Crippen LogP contribution in [0.25, 0.3) is 0 Å². The fraction of sp³-hybridized carbons (Fsp3) is 0.368. The molecule has 0 saturated carbocycles. The fourth-order valence-corrected chi connectivity index (χ4v) is 3.80. The minimum atomic E-state index is 0.589. The number of thiocarbonyl (C=S) groups is 1. The number of aryl methyl sites for hydroxylation is 2. The van der Waals surface area contributed by atoms with Crippen molar-refractivity contribution in [3.05, 3.63) is 57.3 Å². The third-order valence-corrected chi connectivity index (χ3v) is 5.53. The molecule has 0 unspecified atom stereocenters. The van der Waals surface area contributed by atoms with Gasteiger partial charge in [-0.3, -0.25) is 4.98 Å². The van der Waals surface area contributed by atoms with Gasteiger partial charge >= 0.3 is 0 Å². The van der Waals surface area contributed by atoms with Crippen molar-refractivity contribution in [1.82, 2.24) is 9.88 Å². The van der Waals surface area contributed by atoms with Crippen LogP contribution in [0.5, 0.6) is 0 Å². The van der Waals surface area contributed by atoms with E-state index in [1.165, 1.54) is 5.56 Å². The number of halogens is 2. The summed E-state index contributed by atoms with van der Waals surface area (Å²) in [5.41, 5.74) is 4.43. The van der Waals surface area contributed by atoms with Crippen LogP contribution in [0.3, 0.4) is 0 Å². The van der Waals surface area contributed by atoms with E-state index < -0.39 is 0 Å². The Kier molecular flexibility index (Phi) is 5.82. The Labute approximate surface area is 164 Å². The van der Waals surface area contributed by atoms with Crippen molar-refractivity contribution in [3.63, 3.8) is 0 Å². The average molecular weight is 394 g/mol. The number of hydrogen-bond donors (Lipinski definition) is 0. The first-order valence-electron chi connectivity index (χ1n) is 8.34. The molecular formula is C19H21Cl2N3S. The molecule has 0 spiro atoms. The van der Waals surface area contributed by atoms with Crippen LogP contribution in [0.2, 0.25) is 10.0 Å². The van der Waals surface area contributed by atoms with Crippen molar-refractivity contribution in [3.8, 4) is 0 Å². The smallest absolute Gasteiger partial charge is 0.0840 e. The molecule has 3 nitrogen and oxygen atoms in total. The molecular weight excluding hydrogens is 373 g/mol. The minimum Gasteiger partial charge on any atom is -0.368 e. The van der Waals surface area contributed by atoms with Crippen LogP contribution in [0, 0.1) is 13.8 Å². The number of pyridine rings is 1. The standard InChI is InChI=1S/C19H21Cl2N3S/c1-13-9-14(2)22-15(10-13)11-19(25)24-7-5-23(6-8-24)16-3-4-17(20)18(21)12-16/h3-4,9-10,12H,5-8,11H2,1-2H3. The molecule has 2 aromatic rings. The van der Waals surface area contributed by atoms with E-state index in [0.29, 0.717) is 10.0 Å². The number of rotatable bonds is 3. The number of aromatic nitrogens is 1. The van der Waals surface area contributed by atoms with E-state index in [1.54, 1.807) is 0 Å². The molecule has 0 N–H and O–H groups in total. The van der Waals surface area contributed by atoms with E-state index in [-0.39, 0.29) is 0 Å². The highest BCUT2D eigenvalue weighted by Crippen LogP contribution is 2.27. The highest BCUT2D eigenvalue weighted by Gasteiger charge is 2.20. The Morgan fingerprint density at radius 3 is 2.40 bits per heavy atom. The first kappa shape index (κ1) is 18.4. The lowest BCUT2D eigenvalue weighted by atomic mass is 10.1. The van der Waals surface area contributed by atoms with Crippen molar-refractivity contribution >= 4 is 46.1 Å². The second kappa shape index (κ2) is 7.90. The van der Waals surface area contributed by atoms with Gasteiger partial charge < -0.3 is 9.80 Å². The van der Waals surface area contributed by atoms with E-state index >= 15 is 0 Å². The maximum Gasteiger partial charge on any atom is 0.0840 e. The van der Waals surface area contributed by atoms with E-state index in [1.807, 2.05) is 25.1 Å². The lowest BCUT2D eigenvalue weighted by molar-refractivity contribution is 0.387. The molecule has 25 heavy (non-hydrogen) atoms. The maximum absolute atomic E-state index is 6.13. The summed E-state index contributed by atoms with van der Waals surface area (Å²) in [6.45, 7) is 7.76. The van der Waals surface area contributed by atoms with Gasteiger partial charge in [-0.15, -0.1) is 0 Å². The Balaban J connectivity index is 1.59. The van der Waals surface area contributed by atoms with Gasteiger partial charge in [0.2, 0.25) is 0 Å². The molecule has 1 aliphatic heterocycles. The second-order valence-corrected chi connectivity index (χ2v) is 7.71. The molecule has 1 saturated heterocycles. The van der Waals surface area contributed by atoms with Crippen molar-refractivity contribution in [1.29, 1.82) is 0 Å². The number of piperazine rings is 1. The molecule has 1 aliphatic rings. The normalized spacial score (nSPS) is 14.7. The van der Waals surface area contributed by atoms with E-state index in [4.69, 9.17) is 35.4 Å². The van der Waals surface area contributed by atoms with Gasteiger partial charge in [0.25, 0.3) is 0 Å². The summed E-state index contributed by atoms with van der Waals surface area (Å²) in [6.07, 6.45) is 0.727. The van der Waals surface area contributed by atoms with Crippen LogP contribution in [0.15, 0.2) is 30.3 Å². The van der Waals surface area contributed by atoms with Gasteiger partial charge in [-0.1, -0.05) is 35.4 Å². The third-order valence-electron chi connectivity index (χ3n) is 4.38. The maximum atomic E-state index is 6.13. The summed E-state index contributed by atoms with van der Waals surface area (Å²) in [4.78, 5) is 10.2. The lowest BCUT2D eigenvalue weighted by Crippen LogP contribution is -2.48. The topological polar surface area (TPSA) is 19.4 Å². The number of anilines is 1. The van der Waals surface area contributed by atoms with Crippen LogP contribution in [0.4, 0.5) is 5.69 Å². The molecule has 1 fully saturated rings. The Morgan fingerprint density at radius 2 is 1.76 bits per heavy atom. The number of hydrogen-bond acceptors (Lipinski definition) is 3. The quantitative estimate of drug-likeness (QED) is 0.703. The van der Waals surface area contributed by atoms with Crippen molar-refractivity contribution < 1.29 is 0 Å². The lowest BCUT2D eigenvalue weighted by Gasteiger charge is -2.37. The van der Waals surface area contributed by atoms with Gasteiger partial charge in [0.1, 0.15) is 0 Å². The second-order valence-electron chi connectivity index (χ2n) is 6.42. The molecule has 1 aromatic carbocycles. The van der Waals surface area contributed by atoms with Gasteiger partial charge in [0.15, 0.2) is 0 Å². The van der Waals surface area contributed by atoms with E-state index in [0.717, 1.165) is 54.7 Å². The summed E-state index contributed by atoms with van der Waals surface area (Å²) in [5.74, 6) is 0. The summed E-state index contributed by atoms with van der Waals surface area (Å²) < 4.78 is 0. The number of benzene rings is 1. The molecule has 132 valence electrons. The Hall–Kier alpha value is -1.36. The van der Waals surface area contributed by atoms with Crippen molar-refractivity contribution in [2.24, 2.45) is 0 Å². The zero-order valence-corrected chi connectivity index (χ0v) is 16.8. The summed E-state index contributed by atoms with van der Waals surface area (Å²) in [5, 5.41) is 1.18. The van der Waals surface area contributed by atoms with Gasteiger partial charge in [0.05, 0.1) is 15.0 Å². The van der Waals surface area contributed by atoms with E-state index in [9.17, 15) is 0 Å². The summed E-state index contributed by atoms with van der Waals surface area (Å²) in [6, 6.07) is 9.99. The molecule has 3 rings (SSSR count). The molecule has 0 aliphatic carbocycles. The monoisotopic (exact) mass is 393 g/mol. The van der Waals surface area contributed by atoms with Crippen LogP contribution in [0.1, 0.15) is 17.0 Å². The molecule has 0 bridgehead atoms. The van der Waals surface area contributed by atoms with Crippen LogP contribution in [-0.4, -0.2) is 41.1 Å². The summed E-state index contributed by atoms with van der Waals surface area (Å²) in [7, 11) is 0.